The second-order valence-electron chi connectivity index (χ2n) is 4.88. The number of aliphatic hydroxyl groups is 1. The summed E-state index contributed by atoms with van der Waals surface area (Å²) in [5, 5.41) is 15.1. The molecule has 5 heteroatoms. The Bertz CT molecular complexity index is 209. The second-order valence-corrected chi connectivity index (χ2v) is 4.88. The third-order valence-corrected chi connectivity index (χ3v) is 1.57. The molecule has 0 aliphatic rings. The zero-order chi connectivity index (χ0) is 12.1. The van der Waals surface area contributed by atoms with E-state index in [1.54, 1.807) is 34.7 Å². The summed E-state index contributed by atoms with van der Waals surface area (Å²) in [6.07, 6.45) is -0.515. The molecular formula is C10H22N2O3. The number of likely N-dealkylation sites (N-methyl/N-ethyl adjacent to an activating group) is 1. The van der Waals surface area contributed by atoms with Gasteiger partial charge in [0.2, 0.25) is 0 Å². The van der Waals surface area contributed by atoms with Gasteiger partial charge in [-0.1, -0.05) is 0 Å². The molecule has 0 saturated carbocycles. The fourth-order valence-electron chi connectivity index (χ4n) is 1.02. The van der Waals surface area contributed by atoms with Crippen LogP contribution in [-0.4, -0.2) is 42.5 Å². The summed E-state index contributed by atoms with van der Waals surface area (Å²) in [6, 6.07) is 0. The van der Waals surface area contributed by atoms with Crippen LogP contribution < -0.4 is 10.6 Å². The Morgan fingerprint density at radius 1 is 1.27 bits per heavy atom. The predicted octanol–water partition coefficient (Wildman–Crippen LogP) is 0.481. The molecule has 0 spiro atoms. The molecule has 0 saturated heterocycles. The van der Waals surface area contributed by atoms with Crippen molar-refractivity contribution in [1.82, 2.24) is 10.6 Å². The van der Waals surface area contributed by atoms with Crippen LogP contribution in [0.25, 0.3) is 0 Å². The van der Waals surface area contributed by atoms with Gasteiger partial charge in [0.1, 0.15) is 5.60 Å². The quantitative estimate of drug-likeness (QED) is 0.642. The minimum atomic E-state index is -0.967. The first-order chi connectivity index (χ1) is 6.66. The first-order valence-electron chi connectivity index (χ1n) is 5.00. The molecule has 1 atom stereocenters. The van der Waals surface area contributed by atoms with Gasteiger partial charge in [-0.05, 0) is 34.7 Å². The lowest BCUT2D eigenvalue weighted by molar-refractivity contribution is 0.0340. The Kier molecular flexibility index (Phi) is 5.03. The maximum Gasteiger partial charge on any atom is 0.407 e. The van der Waals surface area contributed by atoms with E-state index < -0.39 is 17.3 Å². The van der Waals surface area contributed by atoms with Crippen molar-refractivity contribution in [2.75, 3.05) is 20.1 Å². The Labute approximate surface area is 91.2 Å². The van der Waals surface area contributed by atoms with E-state index in [0.29, 0.717) is 6.54 Å². The number of hydrogen-bond donors (Lipinski definition) is 3. The predicted molar refractivity (Wildman–Crippen MR) is 58.8 cm³/mol. The van der Waals surface area contributed by atoms with Crippen LogP contribution in [0, 0.1) is 0 Å². The molecule has 3 N–H and O–H groups in total. The zero-order valence-electron chi connectivity index (χ0n) is 10.2. The molecule has 1 amide bonds. The van der Waals surface area contributed by atoms with Crippen LogP contribution >= 0.6 is 0 Å². The summed E-state index contributed by atoms with van der Waals surface area (Å²) in [4.78, 5) is 11.2. The molecule has 1 unspecified atom stereocenters. The van der Waals surface area contributed by atoms with Crippen LogP contribution in [0.5, 0.6) is 0 Å². The third kappa shape index (κ3) is 8.20. The van der Waals surface area contributed by atoms with E-state index in [1.165, 1.54) is 0 Å². The summed E-state index contributed by atoms with van der Waals surface area (Å²) in [5.41, 5.74) is -1.48. The smallest absolute Gasteiger partial charge is 0.407 e. The number of carbonyl (C=O) groups excluding carboxylic acids is 1. The zero-order valence-corrected chi connectivity index (χ0v) is 10.2. The van der Waals surface area contributed by atoms with E-state index in [9.17, 15) is 9.90 Å². The highest BCUT2D eigenvalue weighted by Gasteiger charge is 2.22. The van der Waals surface area contributed by atoms with E-state index in [-0.39, 0.29) is 6.54 Å². The van der Waals surface area contributed by atoms with Crippen LogP contribution in [0.2, 0.25) is 0 Å². The number of amides is 1. The summed E-state index contributed by atoms with van der Waals surface area (Å²) >= 11 is 0. The highest BCUT2D eigenvalue weighted by Crippen LogP contribution is 2.07. The number of alkyl carbamates (subject to hydrolysis) is 1. The molecular weight excluding hydrogens is 196 g/mol. The fraction of sp³-hybridized carbons (Fsp3) is 0.900. The lowest BCUT2D eigenvalue weighted by Gasteiger charge is -2.25. The highest BCUT2D eigenvalue weighted by molar-refractivity contribution is 5.67. The average Bonchev–Trinajstić information content (AvgIpc) is 1.98. The maximum absolute atomic E-state index is 11.2. The first kappa shape index (κ1) is 14.2. The molecule has 0 aliphatic heterocycles. The molecule has 0 aliphatic carbocycles. The molecule has 0 heterocycles. The van der Waals surface area contributed by atoms with Crippen molar-refractivity contribution in [2.24, 2.45) is 0 Å². The largest absolute Gasteiger partial charge is 0.444 e. The molecule has 90 valence electrons. The van der Waals surface area contributed by atoms with Gasteiger partial charge in [0.05, 0.1) is 12.1 Å². The molecule has 0 radical (unpaired) electrons. The highest BCUT2D eigenvalue weighted by atomic mass is 16.6. The van der Waals surface area contributed by atoms with Crippen molar-refractivity contribution in [1.29, 1.82) is 0 Å². The molecule has 0 aromatic carbocycles. The molecule has 0 rings (SSSR count). The maximum atomic E-state index is 11.2. The Morgan fingerprint density at radius 3 is 2.20 bits per heavy atom. The Balaban J connectivity index is 3.90. The number of hydrogen-bond acceptors (Lipinski definition) is 4. The topological polar surface area (TPSA) is 70.6 Å². The van der Waals surface area contributed by atoms with E-state index in [4.69, 9.17) is 4.74 Å². The minimum Gasteiger partial charge on any atom is -0.444 e. The Morgan fingerprint density at radius 2 is 1.80 bits per heavy atom. The van der Waals surface area contributed by atoms with Gasteiger partial charge in [-0.15, -0.1) is 0 Å². The van der Waals surface area contributed by atoms with Gasteiger partial charge in [0.25, 0.3) is 0 Å². The molecule has 0 aromatic rings. The van der Waals surface area contributed by atoms with Gasteiger partial charge in [0.15, 0.2) is 0 Å². The molecule has 0 bridgehead atoms. The van der Waals surface area contributed by atoms with Crippen LogP contribution in [-0.2, 0) is 4.74 Å². The summed E-state index contributed by atoms with van der Waals surface area (Å²) < 4.78 is 5.03. The van der Waals surface area contributed by atoms with Crippen LogP contribution in [0.15, 0.2) is 0 Å². The van der Waals surface area contributed by atoms with Crippen LogP contribution in [0.1, 0.15) is 27.7 Å². The minimum absolute atomic E-state index is 0.156. The number of rotatable bonds is 4. The van der Waals surface area contributed by atoms with Gasteiger partial charge in [-0.25, -0.2) is 4.79 Å². The molecule has 5 nitrogen and oxygen atoms in total. The molecule has 15 heavy (non-hydrogen) atoms. The number of ether oxygens (including phenoxy) is 1. The van der Waals surface area contributed by atoms with Crippen molar-refractivity contribution in [3.8, 4) is 0 Å². The monoisotopic (exact) mass is 218 g/mol. The standard InChI is InChI=1S/C10H22N2O3/c1-9(2,3)15-8(13)12-7-10(4,14)6-11-5/h11,14H,6-7H2,1-5H3,(H,12,13). The van der Waals surface area contributed by atoms with E-state index in [2.05, 4.69) is 10.6 Å². The van der Waals surface area contributed by atoms with Gasteiger partial charge >= 0.3 is 6.09 Å². The summed E-state index contributed by atoms with van der Waals surface area (Å²) in [7, 11) is 1.74. The number of nitrogens with one attached hydrogen (secondary N) is 2. The summed E-state index contributed by atoms with van der Waals surface area (Å²) in [5.74, 6) is 0. The first-order valence-corrected chi connectivity index (χ1v) is 5.00. The van der Waals surface area contributed by atoms with Gasteiger partial charge in [0, 0.05) is 6.54 Å². The Hall–Kier alpha value is -0.810. The number of carbonyl (C=O) groups is 1. The van der Waals surface area contributed by atoms with Crippen LogP contribution in [0.3, 0.4) is 0 Å². The van der Waals surface area contributed by atoms with E-state index in [1.807, 2.05) is 0 Å². The third-order valence-electron chi connectivity index (χ3n) is 1.57. The van der Waals surface area contributed by atoms with Gasteiger partial charge in [-0.2, -0.15) is 0 Å². The SMILES string of the molecule is CNCC(C)(O)CNC(=O)OC(C)(C)C. The van der Waals surface area contributed by atoms with Gasteiger partial charge in [-0.3, -0.25) is 0 Å². The van der Waals surface area contributed by atoms with Gasteiger partial charge < -0.3 is 20.5 Å². The van der Waals surface area contributed by atoms with Crippen molar-refractivity contribution in [3.05, 3.63) is 0 Å². The molecule has 0 fully saturated rings. The lowest BCUT2D eigenvalue weighted by Crippen LogP contribution is -2.47. The fourth-order valence-corrected chi connectivity index (χ4v) is 1.02. The molecule has 0 aromatic heterocycles. The lowest BCUT2D eigenvalue weighted by atomic mass is 10.1. The average molecular weight is 218 g/mol. The van der Waals surface area contributed by atoms with Crippen LogP contribution in [0.4, 0.5) is 4.79 Å². The van der Waals surface area contributed by atoms with Crippen molar-refractivity contribution in [3.63, 3.8) is 0 Å². The van der Waals surface area contributed by atoms with E-state index >= 15 is 0 Å². The van der Waals surface area contributed by atoms with Crippen molar-refractivity contribution in [2.45, 2.75) is 38.9 Å². The second kappa shape index (κ2) is 5.32. The van der Waals surface area contributed by atoms with E-state index in [0.717, 1.165) is 0 Å². The van der Waals surface area contributed by atoms with Crippen molar-refractivity contribution < 1.29 is 14.6 Å². The normalized spacial score (nSPS) is 15.6. The summed E-state index contributed by atoms with van der Waals surface area (Å²) in [6.45, 7) is 7.57. The van der Waals surface area contributed by atoms with Crippen molar-refractivity contribution >= 4 is 6.09 Å².